The molecule has 4 rings (SSSR count). The number of fused-ring (bicyclic) bond motifs is 1. The molecule has 9 heteroatoms. The summed E-state index contributed by atoms with van der Waals surface area (Å²) in [4.78, 5) is 29.1. The van der Waals surface area contributed by atoms with E-state index in [1.54, 1.807) is 17.0 Å². The summed E-state index contributed by atoms with van der Waals surface area (Å²) < 4.78 is 29.0. The van der Waals surface area contributed by atoms with Crippen molar-refractivity contribution in [2.24, 2.45) is 5.92 Å². The number of nitrogens with zero attached hydrogens (tertiary/aromatic N) is 2. The highest BCUT2D eigenvalue weighted by atomic mass is 32.2. The lowest BCUT2D eigenvalue weighted by molar-refractivity contribution is -0.124. The van der Waals surface area contributed by atoms with Gasteiger partial charge in [-0.2, -0.15) is 4.72 Å². The van der Waals surface area contributed by atoms with Crippen LogP contribution in [0.1, 0.15) is 44.7 Å². The molecule has 0 aliphatic carbocycles. The minimum atomic E-state index is -3.92. The average Bonchev–Trinajstić information content (AvgIpc) is 3.28. The molecule has 194 valence electrons. The number of likely N-dealkylation sites (tertiary alicyclic amines) is 1. The van der Waals surface area contributed by atoms with Crippen LogP contribution in [0.4, 0.5) is 5.69 Å². The van der Waals surface area contributed by atoms with Gasteiger partial charge in [-0.25, -0.2) is 8.42 Å². The monoisotopic (exact) mass is 512 g/mol. The van der Waals surface area contributed by atoms with Gasteiger partial charge < -0.3 is 10.2 Å². The van der Waals surface area contributed by atoms with Crippen molar-refractivity contribution in [2.75, 3.05) is 24.5 Å². The van der Waals surface area contributed by atoms with E-state index >= 15 is 0 Å². The second-order valence-corrected chi connectivity index (χ2v) is 11.8. The largest absolute Gasteiger partial charge is 0.352 e. The van der Waals surface area contributed by atoms with Gasteiger partial charge in [-0.05, 0) is 54.5 Å². The maximum atomic E-state index is 13.2. The number of carbonyl (C=O) groups excluding carboxylic acids is 2. The maximum Gasteiger partial charge on any atom is 0.241 e. The van der Waals surface area contributed by atoms with Crippen molar-refractivity contribution in [3.63, 3.8) is 0 Å². The molecule has 1 fully saturated rings. The second kappa shape index (κ2) is 11.1. The van der Waals surface area contributed by atoms with Crippen LogP contribution in [0.5, 0.6) is 0 Å². The Morgan fingerprint density at radius 3 is 2.36 bits per heavy atom. The summed E-state index contributed by atoms with van der Waals surface area (Å²) in [7, 11) is -3.92. The molecule has 2 aromatic rings. The third-order valence-electron chi connectivity index (χ3n) is 7.05. The van der Waals surface area contributed by atoms with E-state index in [2.05, 4.69) is 27.1 Å². The van der Waals surface area contributed by atoms with Crippen LogP contribution in [0, 0.1) is 5.92 Å². The minimum Gasteiger partial charge on any atom is -0.352 e. The highest BCUT2D eigenvalue weighted by Gasteiger charge is 2.32. The van der Waals surface area contributed by atoms with Crippen molar-refractivity contribution in [3.05, 3.63) is 59.7 Å². The van der Waals surface area contributed by atoms with E-state index in [9.17, 15) is 18.0 Å². The number of rotatable bonds is 8. The van der Waals surface area contributed by atoms with Gasteiger partial charge in [0.15, 0.2) is 0 Å². The standard InChI is InChI=1S/C27H36N4O4S/c1-19(2)26(27(33)28-23-12-14-30(15-13-23)18-21-7-5-4-6-8-21)29-36(34,35)24-9-10-25-22(17-24)11-16-31(25)20(3)32/h4-10,17,19,23,26,29H,11-16,18H2,1-3H3,(H,28,33)/t26-/m1/s1. The number of sulfonamides is 1. The first-order valence-electron chi connectivity index (χ1n) is 12.6. The van der Waals surface area contributed by atoms with Crippen molar-refractivity contribution in [2.45, 2.75) is 63.6 Å². The number of benzene rings is 2. The third kappa shape index (κ3) is 6.14. The fraction of sp³-hybridized carbons (Fsp3) is 0.481. The van der Waals surface area contributed by atoms with Crippen LogP contribution in [0.25, 0.3) is 0 Å². The Morgan fingerprint density at radius 1 is 1.03 bits per heavy atom. The molecular formula is C27H36N4O4S. The van der Waals surface area contributed by atoms with Crippen molar-refractivity contribution in [1.29, 1.82) is 0 Å². The van der Waals surface area contributed by atoms with Crippen LogP contribution in [0.15, 0.2) is 53.4 Å². The van der Waals surface area contributed by atoms with Crippen LogP contribution >= 0.6 is 0 Å². The summed E-state index contributed by atoms with van der Waals surface area (Å²) in [6.07, 6.45) is 2.26. The van der Waals surface area contributed by atoms with Gasteiger partial charge in [-0.1, -0.05) is 44.2 Å². The predicted molar refractivity (Wildman–Crippen MR) is 140 cm³/mol. The fourth-order valence-corrected chi connectivity index (χ4v) is 6.36. The highest BCUT2D eigenvalue weighted by Crippen LogP contribution is 2.30. The Bertz CT molecular complexity index is 1190. The van der Waals surface area contributed by atoms with Crippen LogP contribution in [-0.4, -0.2) is 56.9 Å². The summed E-state index contributed by atoms with van der Waals surface area (Å²) in [6.45, 7) is 8.36. The molecule has 0 spiro atoms. The zero-order valence-corrected chi connectivity index (χ0v) is 22.1. The summed E-state index contributed by atoms with van der Waals surface area (Å²) in [6, 6.07) is 14.3. The number of hydrogen-bond donors (Lipinski definition) is 2. The van der Waals surface area contributed by atoms with Gasteiger partial charge in [-0.3, -0.25) is 14.5 Å². The van der Waals surface area contributed by atoms with Crippen LogP contribution in [0.3, 0.4) is 0 Å². The Balaban J connectivity index is 1.36. The lowest BCUT2D eigenvalue weighted by Crippen LogP contribution is -2.53. The zero-order valence-electron chi connectivity index (χ0n) is 21.2. The lowest BCUT2D eigenvalue weighted by Gasteiger charge is -2.33. The second-order valence-electron chi connectivity index (χ2n) is 10.1. The highest BCUT2D eigenvalue weighted by molar-refractivity contribution is 7.89. The molecule has 36 heavy (non-hydrogen) atoms. The molecule has 2 aliphatic rings. The Kier molecular flexibility index (Phi) is 8.12. The number of amides is 2. The van der Waals surface area contributed by atoms with Crippen LogP contribution in [-0.2, 0) is 32.6 Å². The molecule has 2 heterocycles. The molecule has 2 amide bonds. The molecule has 0 bridgehead atoms. The molecule has 2 aliphatic heterocycles. The molecule has 0 saturated carbocycles. The molecule has 1 atom stereocenters. The molecular weight excluding hydrogens is 476 g/mol. The Hall–Kier alpha value is -2.75. The van der Waals surface area contributed by atoms with E-state index in [1.165, 1.54) is 18.6 Å². The quantitative estimate of drug-likeness (QED) is 0.567. The van der Waals surface area contributed by atoms with E-state index in [0.29, 0.717) is 13.0 Å². The minimum absolute atomic E-state index is 0.0211. The van der Waals surface area contributed by atoms with E-state index in [0.717, 1.165) is 43.7 Å². The van der Waals surface area contributed by atoms with E-state index in [-0.39, 0.29) is 28.7 Å². The fourth-order valence-electron chi connectivity index (χ4n) is 4.97. The maximum absolute atomic E-state index is 13.2. The molecule has 0 unspecified atom stereocenters. The molecule has 8 nitrogen and oxygen atoms in total. The van der Waals surface area contributed by atoms with Crippen LogP contribution in [0.2, 0.25) is 0 Å². The van der Waals surface area contributed by atoms with E-state index in [1.807, 2.05) is 32.0 Å². The molecule has 0 aromatic heterocycles. The molecule has 1 saturated heterocycles. The third-order valence-corrected chi connectivity index (χ3v) is 8.49. The first-order chi connectivity index (χ1) is 17.1. The Labute approximate surface area is 214 Å². The van der Waals surface area contributed by atoms with E-state index < -0.39 is 16.1 Å². The topological polar surface area (TPSA) is 98.8 Å². The number of hydrogen-bond acceptors (Lipinski definition) is 5. The number of anilines is 1. The smallest absolute Gasteiger partial charge is 0.241 e. The van der Waals surface area contributed by atoms with Gasteiger partial charge >= 0.3 is 0 Å². The summed E-state index contributed by atoms with van der Waals surface area (Å²) in [5.41, 5.74) is 2.84. The lowest BCUT2D eigenvalue weighted by atomic mass is 10.0. The zero-order chi connectivity index (χ0) is 25.9. The molecule has 2 N–H and O–H groups in total. The van der Waals surface area contributed by atoms with Gasteiger partial charge in [0.25, 0.3) is 0 Å². The number of piperidine rings is 1. The van der Waals surface area contributed by atoms with Gasteiger partial charge in [-0.15, -0.1) is 0 Å². The number of carbonyl (C=O) groups is 2. The molecule has 0 radical (unpaired) electrons. The molecule has 2 aromatic carbocycles. The first kappa shape index (κ1) is 26.3. The number of nitrogens with one attached hydrogen (secondary N) is 2. The normalized spacial score (nSPS) is 17.7. The van der Waals surface area contributed by atoms with Crippen molar-refractivity contribution in [3.8, 4) is 0 Å². The Morgan fingerprint density at radius 2 is 1.72 bits per heavy atom. The summed E-state index contributed by atoms with van der Waals surface area (Å²) >= 11 is 0. The van der Waals surface area contributed by atoms with E-state index in [4.69, 9.17) is 0 Å². The average molecular weight is 513 g/mol. The van der Waals surface area contributed by atoms with Crippen molar-refractivity contribution < 1.29 is 18.0 Å². The van der Waals surface area contributed by atoms with Gasteiger partial charge in [0.2, 0.25) is 21.8 Å². The predicted octanol–water partition coefficient (Wildman–Crippen LogP) is 2.68. The summed E-state index contributed by atoms with van der Waals surface area (Å²) in [5, 5.41) is 3.08. The first-order valence-corrected chi connectivity index (χ1v) is 14.1. The van der Waals surface area contributed by atoms with Gasteiger partial charge in [0, 0.05) is 44.8 Å². The van der Waals surface area contributed by atoms with Crippen LogP contribution < -0.4 is 14.9 Å². The van der Waals surface area contributed by atoms with Gasteiger partial charge in [0.1, 0.15) is 6.04 Å². The van der Waals surface area contributed by atoms with Gasteiger partial charge in [0.05, 0.1) is 4.90 Å². The summed E-state index contributed by atoms with van der Waals surface area (Å²) in [5.74, 6) is -0.579. The SMILES string of the molecule is CC(=O)N1CCc2cc(S(=O)(=O)N[C@@H](C(=O)NC3CCN(Cc4ccccc4)CC3)C(C)C)ccc21. The van der Waals surface area contributed by atoms with Crippen molar-refractivity contribution >= 4 is 27.5 Å². The van der Waals surface area contributed by atoms with Crippen molar-refractivity contribution in [1.82, 2.24) is 14.9 Å².